The van der Waals surface area contributed by atoms with Crippen molar-refractivity contribution in [3.8, 4) is 0 Å². The molecule has 0 bridgehead atoms. The summed E-state index contributed by atoms with van der Waals surface area (Å²) in [4.78, 5) is 2.46. The van der Waals surface area contributed by atoms with E-state index in [4.69, 9.17) is 4.42 Å². The largest absolute Gasteiger partial charge is 0.424 e. The summed E-state index contributed by atoms with van der Waals surface area (Å²) in [7, 11) is 0. The van der Waals surface area contributed by atoms with E-state index in [-0.39, 0.29) is 0 Å². The molecule has 2 aromatic heterocycles. The Balaban J connectivity index is 1.42. The van der Waals surface area contributed by atoms with Crippen LogP contribution in [0.2, 0.25) is 0 Å². The first-order valence-corrected chi connectivity index (χ1v) is 8.26. The van der Waals surface area contributed by atoms with Crippen LogP contribution in [0, 0.1) is 13.8 Å². The summed E-state index contributed by atoms with van der Waals surface area (Å²) >= 11 is 0. The molecule has 1 atom stereocenters. The van der Waals surface area contributed by atoms with Gasteiger partial charge in [-0.1, -0.05) is 0 Å². The quantitative estimate of drug-likeness (QED) is 0.849. The van der Waals surface area contributed by atoms with Crippen molar-refractivity contribution >= 4 is 0 Å². The third-order valence-electron chi connectivity index (χ3n) is 4.73. The van der Waals surface area contributed by atoms with Gasteiger partial charge in [-0.05, 0) is 52.1 Å². The Kier molecular flexibility index (Phi) is 3.48. The zero-order chi connectivity index (χ0) is 15.1. The standard InChI is InChI=1S/C16H23N5O/c1-11-8-12(2)21(19-11)9-14-4-3-7-20(14)10-15-17-18-16(22-15)13-5-6-13/h8,13-14H,3-7,9-10H2,1-2H3/t14-/m1/s1. The highest BCUT2D eigenvalue weighted by atomic mass is 16.4. The molecule has 0 aromatic carbocycles. The van der Waals surface area contributed by atoms with Crippen LogP contribution in [0.4, 0.5) is 0 Å². The molecule has 6 heteroatoms. The number of aryl methyl sites for hydroxylation is 2. The van der Waals surface area contributed by atoms with Gasteiger partial charge in [0.05, 0.1) is 18.8 Å². The molecule has 2 aliphatic rings. The number of nitrogens with zero attached hydrogens (tertiary/aromatic N) is 5. The number of hydrogen-bond acceptors (Lipinski definition) is 5. The van der Waals surface area contributed by atoms with Crippen LogP contribution in [0.1, 0.15) is 54.8 Å². The van der Waals surface area contributed by atoms with Crippen LogP contribution in [0.25, 0.3) is 0 Å². The van der Waals surface area contributed by atoms with Crippen molar-refractivity contribution in [2.45, 2.75) is 64.6 Å². The first kappa shape index (κ1) is 13.9. The molecule has 0 amide bonds. The van der Waals surface area contributed by atoms with E-state index in [0.717, 1.165) is 37.1 Å². The van der Waals surface area contributed by atoms with Crippen molar-refractivity contribution in [2.75, 3.05) is 6.54 Å². The average molecular weight is 301 g/mol. The second-order valence-electron chi connectivity index (χ2n) is 6.68. The van der Waals surface area contributed by atoms with Gasteiger partial charge in [0.25, 0.3) is 0 Å². The molecule has 4 rings (SSSR count). The normalized spacial score (nSPS) is 22.5. The van der Waals surface area contributed by atoms with E-state index in [1.165, 1.54) is 31.4 Å². The minimum Gasteiger partial charge on any atom is -0.424 e. The van der Waals surface area contributed by atoms with E-state index < -0.39 is 0 Å². The number of hydrogen-bond donors (Lipinski definition) is 0. The molecule has 0 radical (unpaired) electrons. The van der Waals surface area contributed by atoms with Crippen LogP contribution in [-0.4, -0.2) is 37.5 Å². The second-order valence-corrected chi connectivity index (χ2v) is 6.68. The average Bonchev–Trinajstić information content (AvgIpc) is 2.93. The smallest absolute Gasteiger partial charge is 0.230 e. The molecule has 118 valence electrons. The second kappa shape index (κ2) is 5.50. The zero-order valence-corrected chi connectivity index (χ0v) is 13.3. The summed E-state index contributed by atoms with van der Waals surface area (Å²) in [6.45, 7) is 6.99. The summed E-state index contributed by atoms with van der Waals surface area (Å²) in [6, 6.07) is 2.65. The van der Waals surface area contributed by atoms with Crippen molar-refractivity contribution in [2.24, 2.45) is 0 Å². The van der Waals surface area contributed by atoms with Crippen molar-refractivity contribution in [3.05, 3.63) is 29.2 Å². The maximum atomic E-state index is 5.81. The van der Waals surface area contributed by atoms with Crippen molar-refractivity contribution in [3.63, 3.8) is 0 Å². The fourth-order valence-electron chi connectivity index (χ4n) is 3.37. The van der Waals surface area contributed by atoms with E-state index in [1.807, 2.05) is 6.92 Å². The molecular formula is C16H23N5O. The molecule has 6 nitrogen and oxygen atoms in total. The highest BCUT2D eigenvalue weighted by Crippen LogP contribution is 2.39. The Hall–Kier alpha value is -1.69. The highest BCUT2D eigenvalue weighted by Gasteiger charge is 2.31. The molecule has 0 N–H and O–H groups in total. The minimum absolute atomic E-state index is 0.509. The lowest BCUT2D eigenvalue weighted by Crippen LogP contribution is -2.33. The molecule has 1 aliphatic carbocycles. The molecule has 0 spiro atoms. The van der Waals surface area contributed by atoms with E-state index in [0.29, 0.717) is 12.0 Å². The maximum absolute atomic E-state index is 5.81. The predicted octanol–water partition coefficient (Wildman–Crippen LogP) is 2.42. The van der Waals surface area contributed by atoms with Crippen LogP contribution < -0.4 is 0 Å². The molecule has 1 saturated heterocycles. The monoisotopic (exact) mass is 301 g/mol. The Morgan fingerprint density at radius 3 is 2.82 bits per heavy atom. The van der Waals surface area contributed by atoms with E-state index in [9.17, 15) is 0 Å². The highest BCUT2D eigenvalue weighted by molar-refractivity contribution is 5.07. The van der Waals surface area contributed by atoms with Gasteiger partial charge in [-0.2, -0.15) is 5.10 Å². The van der Waals surface area contributed by atoms with Gasteiger partial charge < -0.3 is 4.42 Å². The van der Waals surface area contributed by atoms with Gasteiger partial charge in [0.15, 0.2) is 0 Å². The van der Waals surface area contributed by atoms with Crippen LogP contribution >= 0.6 is 0 Å². The fraction of sp³-hybridized carbons (Fsp3) is 0.688. The van der Waals surface area contributed by atoms with E-state index >= 15 is 0 Å². The number of rotatable bonds is 5. The Morgan fingerprint density at radius 1 is 1.23 bits per heavy atom. The van der Waals surface area contributed by atoms with Crippen molar-refractivity contribution in [1.29, 1.82) is 0 Å². The van der Waals surface area contributed by atoms with Crippen LogP contribution in [0.3, 0.4) is 0 Å². The third kappa shape index (κ3) is 2.79. The predicted molar refractivity (Wildman–Crippen MR) is 81.4 cm³/mol. The zero-order valence-electron chi connectivity index (χ0n) is 13.3. The molecule has 3 heterocycles. The van der Waals surface area contributed by atoms with Crippen LogP contribution in [0.15, 0.2) is 10.5 Å². The maximum Gasteiger partial charge on any atom is 0.230 e. The van der Waals surface area contributed by atoms with Crippen molar-refractivity contribution in [1.82, 2.24) is 24.9 Å². The number of likely N-dealkylation sites (tertiary alicyclic amines) is 1. The summed E-state index contributed by atoms with van der Waals surface area (Å²) in [5.41, 5.74) is 2.33. The minimum atomic E-state index is 0.509. The lowest BCUT2D eigenvalue weighted by atomic mass is 10.2. The lowest BCUT2D eigenvalue weighted by molar-refractivity contribution is 0.197. The Bertz CT molecular complexity index is 657. The van der Waals surface area contributed by atoms with E-state index in [2.05, 4.69) is 37.9 Å². The van der Waals surface area contributed by atoms with Crippen LogP contribution in [0.5, 0.6) is 0 Å². The Labute approximate surface area is 130 Å². The number of aromatic nitrogens is 4. The lowest BCUT2D eigenvalue weighted by Gasteiger charge is -2.23. The Morgan fingerprint density at radius 2 is 2.09 bits per heavy atom. The summed E-state index contributed by atoms with van der Waals surface area (Å²) in [6.07, 6.45) is 4.84. The SMILES string of the molecule is Cc1cc(C)n(C[C@H]2CCCN2Cc2nnc(C3CC3)o2)n1. The molecule has 2 aromatic rings. The van der Waals surface area contributed by atoms with Gasteiger partial charge in [0.1, 0.15) is 0 Å². The van der Waals surface area contributed by atoms with Gasteiger partial charge in [-0.3, -0.25) is 9.58 Å². The summed E-state index contributed by atoms with van der Waals surface area (Å²) in [5, 5.41) is 13.0. The summed E-state index contributed by atoms with van der Waals surface area (Å²) in [5.74, 6) is 2.14. The topological polar surface area (TPSA) is 60.0 Å². The molecule has 0 unspecified atom stereocenters. The van der Waals surface area contributed by atoms with Crippen LogP contribution in [-0.2, 0) is 13.1 Å². The third-order valence-corrected chi connectivity index (χ3v) is 4.73. The van der Waals surface area contributed by atoms with Gasteiger partial charge >= 0.3 is 0 Å². The molecule has 2 fully saturated rings. The van der Waals surface area contributed by atoms with E-state index in [1.54, 1.807) is 0 Å². The molecule has 1 aliphatic heterocycles. The molecule has 22 heavy (non-hydrogen) atoms. The van der Waals surface area contributed by atoms with Gasteiger partial charge in [0.2, 0.25) is 11.8 Å². The van der Waals surface area contributed by atoms with Gasteiger partial charge in [0, 0.05) is 17.7 Å². The van der Waals surface area contributed by atoms with Gasteiger partial charge in [-0.15, -0.1) is 10.2 Å². The van der Waals surface area contributed by atoms with Gasteiger partial charge in [-0.25, -0.2) is 0 Å². The molecule has 1 saturated carbocycles. The molecular weight excluding hydrogens is 278 g/mol. The first-order valence-electron chi connectivity index (χ1n) is 8.26. The van der Waals surface area contributed by atoms with Crippen molar-refractivity contribution < 1.29 is 4.42 Å². The first-order chi connectivity index (χ1) is 10.7. The fourth-order valence-corrected chi connectivity index (χ4v) is 3.37. The summed E-state index contributed by atoms with van der Waals surface area (Å²) < 4.78 is 7.94.